The Labute approximate surface area is 555 Å². The Hall–Kier alpha value is -8.20. The summed E-state index contributed by atoms with van der Waals surface area (Å²) in [6.45, 7) is 2.15. The van der Waals surface area contributed by atoms with Crippen molar-refractivity contribution in [3.8, 4) is 0 Å². The van der Waals surface area contributed by atoms with Crippen LogP contribution in [0.4, 0.5) is 0 Å². The third kappa shape index (κ3) is 57.7. The zero-order chi connectivity index (χ0) is 71.3. The summed E-state index contributed by atoms with van der Waals surface area (Å²) in [5, 5.41) is 49.0. The van der Waals surface area contributed by atoms with Crippen LogP contribution < -0.4 is 0 Å². The summed E-state index contributed by atoms with van der Waals surface area (Å²) in [6, 6.07) is 0. The Morgan fingerprint density at radius 3 is 0.926 bits per heavy atom. The fourth-order valence-corrected chi connectivity index (χ4v) is 5.15. The van der Waals surface area contributed by atoms with E-state index in [1.54, 1.807) is 0 Å². The molecule has 0 aliphatic carbocycles. The fourth-order valence-electron chi connectivity index (χ4n) is 4.45. The van der Waals surface area contributed by atoms with Gasteiger partial charge in [0.25, 0.3) is 0 Å². The zero-order valence-corrected chi connectivity index (χ0v) is 53.8. The van der Waals surface area contributed by atoms with E-state index >= 15 is 0 Å². The molecule has 3 aliphatic rings. The third-order valence-corrected chi connectivity index (χ3v) is 9.83. The Balaban J connectivity index is -0.000000279. The van der Waals surface area contributed by atoms with Gasteiger partial charge < -0.3 is 102 Å². The minimum absolute atomic E-state index is 0. The minimum atomic E-state index is -1.40. The summed E-state index contributed by atoms with van der Waals surface area (Å²) in [5.41, 5.74) is 0. The number of hydrogen-bond donors (Lipinski definition) is 6. The van der Waals surface area contributed by atoms with Gasteiger partial charge in [0.1, 0.15) is 39.6 Å². The smallest absolute Gasteiger partial charge is 0.344 e. The first-order valence-corrected chi connectivity index (χ1v) is 28.5. The topological polar surface area (TPSA) is 586 Å². The Morgan fingerprint density at radius 1 is 0.447 bits per heavy atom. The van der Waals surface area contributed by atoms with Gasteiger partial charge in [-0.25, -0.2) is 57.5 Å². The quantitative estimate of drug-likeness (QED) is 0.0140. The average molecular weight is 1520 g/mol. The molecule has 3 fully saturated rings. The monoisotopic (exact) mass is 1520 g/mol. The van der Waals surface area contributed by atoms with Crippen molar-refractivity contribution in [1.29, 1.82) is 0 Å². The van der Waals surface area contributed by atoms with Crippen molar-refractivity contribution in [2.24, 2.45) is 0 Å². The normalized spacial score (nSPS) is 14.9. The maximum atomic E-state index is 11.8. The van der Waals surface area contributed by atoms with Gasteiger partial charge in [0, 0.05) is 0 Å². The molecule has 0 aromatic heterocycles. The predicted octanol–water partition coefficient (Wildman–Crippen LogP) is -3.42. The molecule has 94 heavy (non-hydrogen) atoms. The van der Waals surface area contributed by atoms with E-state index < -0.39 is 231 Å². The first-order valence-electron chi connectivity index (χ1n) is 25.5. The number of cyclic esters (lactones) is 6. The van der Waals surface area contributed by atoms with Crippen molar-refractivity contribution < 1.29 is 193 Å². The molecule has 6 N–H and O–H groups in total. The van der Waals surface area contributed by atoms with Crippen LogP contribution in [0.5, 0.6) is 0 Å². The molecule has 3 aliphatic heterocycles. The molecular formula is C50H74Cl2O41Sn. The number of carbonyl (C=O) groups excluding carboxylic acids is 16. The molecule has 41 nitrogen and oxygen atoms in total. The number of esters is 16. The SMILES string of the molecule is C.C.CC(OC(=O)CO)C(=O)OCCOC(=O)C(C)OC(=O)CO.CC(OC(=O)COC(=O)CCC(=O)O)C(=O)OCCOC(=O)C(C)OC(=O)COC(=O)CCC(=O)O.CC1OC(=O)C(C)OC1=O.Cl[O][Sn][O]Cl.O=C1CCC(=O)O1.O=C1COC(=O)CO1.OCCO. The minimum Gasteiger partial charge on any atom is -0.451 e. The van der Waals surface area contributed by atoms with E-state index in [9.17, 15) is 86.3 Å². The molecule has 0 aromatic rings. The Kier molecular flexibility index (Phi) is 61.6. The van der Waals surface area contributed by atoms with E-state index in [4.69, 9.17) is 40.1 Å². The molecule has 3 saturated heterocycles. The van der Waals surface area contributed by atoms with Gasteiger partial charge in [-0.1, -0.05) is 14.9 Å². The number of aliphatic hydroxyl groups excluding tert-OH is 4. The van der Waals surface area contributed by atoms with E-state index in [1.807, 2.05) is 0 Å². The molecule has 3 rings (SSSR count). The number of rotatable bonds is 29. The summed E-state index contributed by atoms with van der Waals surface area (Å²) in [6.07, 6.45) is -8.03. The summed E-state index contributed by atoms with van der Waals surface area (Å²) >= 11 is 8.08. The van der Waals surface area contributed by atoms with Gasteiger partial charge in [0.15, 0.2) is 63.1 Å². The van der Waals surface area contributed by atoms with Crippen molar-refractivity contribution >= 4 is 153 Å². The van der Waals surface area contributed by atoms with Crippen molar-refractivity contribution in [3.05, 3.63) is 0 Å². The number of carboxylic acid groups (broad SMARTS) is 2. The van der Waals surface area contributed by atoms with Crippen LogP contribution in [0, 0.1) is 0 Å². The standard InChI is InChI=1S/C20H26O16.C12H18O10.C6H8O4.C4H4O4.C4H4O3.C2H6O2.2CH4.2ClO.Sn/c1-11(35-17(27)9-33-15(25)5-3-13(21)22)19(29)31-7-8-32-20(30)12(2)36-18(28)10-34-16(26)6-4-14(23)24;1-7(21-9(15)5-13)11(17)19-3-4-20-12(18)8(2)22-10(16)6-14;1-3-5(7)10-4(2)6(8)9-3;5-3-1-7-4(6)2-8-3;5-3-1-2-4(6)7-3;3-1-2-4;;;2*1-2;/h11-12H,3-10H2,1-2H3,(H,21,22)(H,23,24);7-8,13-14H,3-6H2,1-2H3;3-4H,1-2H3;1-2H2;1-2H2;3-4H,1-2H2;2*1H4;;;/q;;;;;;;;2*-1;+2. The largest absolute Gasteiger partial charge is 0.451 e. The van der Waals surface area contributed by atoms with Crippen LogP contribution in [-0.4, -0.2) is 276 Å². The maximum absolute atomic E-state index is 11.8. The second-order valence-corrected chi connectivity index (χ2v) is 19.6. The molecule has 0 saturated carbocycles. The number of carbonyl (C=O) groups is 18. The molecule has 0 aromatic carbocycles. The number of ether oxygens (including phenoxy) is 15. The van der Waals surface area contributed by atoms with Gasteiger partial charge in [-0.2, -0.15) is 0 Å². The maximum Gasteiger partial charge on any atom is 0.344 e. The summed E-state index contributed by atoms with van der Waals surface area (Å²) < 4.78 is 75.9. The van der Waals surface area contributed by atoms with Crippen LogP contribution in [0.2, 0.25) is 0 Å². The van der Waals surface area contributed by atoms with E-state index in [-0.39, 0.29) is 67.3 Å². The van der Waals surface area contributed by atoms with E-state index in [1.165, 1.54) is 27.7 Å². The average Bonchev–Trinajstić information content (AvgIpc) is 1.17. The van der Waals surface area contributed by atoms with Crippen molar-refractivity contribution in [1.82, 2.24) is 0 Å². The molecule has 6 unspecified atom stereocenters. The van der Waals surface area contributed by atoms with E-state index in [0.29, 0.717) is 0 Å². The number of halogens is 2. The van der Waals surface area contributed by atoms with Crippen LogP contribution in [0.1, 0.15) is 94.9 Å². The number of aliphatic hydroxyl groups is 4. The second-order valence-electron chi connectivity index (χ2n) is 16.1. The van der Waals surface area contributed by atoms with E-state index in [0.717, 1.165) is 13.8 Å². The first-order chi connectivity index (χ1) is 43.1. The number of aliphatic carboxylic acids is 2. The summed E-state index contributed by atoms with van der Waals surface area (Å²) in [4.78, 5) is 195. The van der Waals surface area contributed by atoms with Gasteiger partial charge in [-0.15, -0.1) is 0 Å². The molecule has 538 valence electrons. The van der Waals surface area contributed by atoms with Gasteiger partial charge in [0.2, 0.25) is 0 Å². The van der Waals surface area contributed by atoms with E-state index in [2.05, 4.69) is 90.6 Å². The van der Waals surface area contributed by atoms with Crippen LogP contribution in [0.3, 0.4) is 0 Å². The number of hydrogen-bond acceptors (Lipinski definition) is 39. The molecule has 0 amide bonds. The Morgan fingerprint density at radius 2 is 0.723 bits per heavy atom. The molecule has 6 atom stereocenters. The predicted molar refractivity (Wildman–Crippen MR) is 297 cm³/mol. The molecule has 0 spiro atoms. The van der Waals surface area contributed by atoms with Crippen molar-refractivity contribution in [3.63, 3.8) is 0 Å². The van der Waals surface area contributed by atoms with Gasteiger partial charge in [-0.05, 0) is 41.5 Å². The molecule has 3 heterocycles. The third-order valence-electron chi connectivity index (χ3n) is 8.63. The molecule has 44 heteroatoms. The van der Waals surface area contributed by atoms with Crippen LogP contribution in [0.25, 0.3) is 0 Å². The van der Waals surface area contributed by atoms with Crippen LogP contribution >= 0.6 is 23.7 Å². The molecule has 2 radical (unpaired) electrons. The van der Waals surface area contributed by atoms with Crippen LogP contribution in [0.15, 0.2) is 0 Å². The van der Waals surface area contributed by atoms with Gasteiger partial charge in [-0.3, -0.25) is 28.8 Å². The van der Waals surface area contributed by atoms with Gasteiger partial charge in [0.05, 0.1) is 51.7 Å². The summed E-state index contributed by atoms with van der Waals surface area (Å²) in [5.74, 6) is -14.9. The first kappa shape index (κ1) is 96.9. The second kappa shape index (κ2) is 59.8. The van der Waals surface area contributed by atoms with Crippen molar-refractivity contribution in [2.45, 2.75) is 132 Å². The summed E-state index contributed by atoms with van der Waals surface area (Å²) in [7, 11) is 0. The zero-order valence-electron chi connectivity index (χ0n) is 49.4. The van der Waals surface area contributed by atoms with Crippen LogP contribution in [-0.2, 0) is 163 Å². The fraction of sp³-hybridized carbons (Fsp3) is 0.640. The van der Waals surface area contributed by atoms with Gasteiger partial charge >= 0.3 is 158 Å². The molecule has 0 bridgehead atoms. The molecular weight excluding hydrogens is 1450 g/mol. The number of carboxylic acids is 2. The Bertz CT molecular complexity index is 2250. The van der Waals surface area contributed by atoms with Crippen molar-refractivity contribution in [2.75, 3.05) is 79.3 Å².